The average Bonchev–Trinajstić information content (AvgIpc) is 2.89. The summed E-state index contributed by atoms with van der Waals surface area (Å²) in [6.07, 6.45) is 2.08. The van der Waals surface area contributed by atoms with E-state index in [1.54, 1.807) is 29.2 Å². The van der Waals surface area contributed by atoms with E-state index in [1.165, 1.54) is 6.08 Å². The van der Waals surface area contributed by atoms with E-state index in [9.17, 15) is 18.0 Å². The molecule has 0 aliphatic rings. The van der Waals surface area contributed by atoms with Crippen molar-refractivity contribution in [3.63, 3.8) is 0 Å². The lowest BCUT2D eigenvalue weighted by atomic mass is 10.1. The van der Waals surface area contributed by atoms with Crippen LogP contribution in [-0.4, -0.2) is 44.9 Å². The van der Waals surface area contributed by atoms with Crippen molar-refractivity contribution in [2.24, 2.45) is 0 Å². The molecule has 7 nitrogen and oxygen atoms in total. The highest BCUT2D eigenvalue weighted by Gasteiger charge is 2.17. The molecule has 0 aliphatic heterocycles. The number of carbonyl (C=O) groups is 2. The Kier molecular flexibility index (Phi) is 9.77. The third-order valence-electron chi connectivity index (χ3n) is 5.10. The van der Waals surface area contributed by atoms with Crippen LogP contribution in [0.25, 0.3) is 6.08 Å². The van der Waals surface area contributed by atoms with E-state index in [-0.39, 0.29) is 5.91 Å². The Balaban J connectivity index is 1.51. The molecular weight excluding hydrogens is 464 g/mol. The zero-order chi connectivity index (χ0) is 24.9. The van der Waals surface area contributed by atoms with Gasteiger partial charge in [-0.25, -0.2) is 13.1 Å². The van der Waals surface area contributed by atoms with Gasteiger partial charge in [-0.1, -0.05) is 91.0 Å². The number of nitrogens with one attached hydrogen (secondary N) is 1. The van der Waals surface area contributed by atoms with E-state index in [1.807, 2.05) is 66.7 Å². The number of nitrogens with zero attached hydrogens (tertiary/aromatic N) is 1. The molecule has 182 valence electrons. The standard InChI is InChI=1S/C27H28N2O5S/c30-26(22-34-27(31)20-28-35(32,33)19-17-24-12-6-2-7-13-24)29(21-25-14-8-3-9-15-25)18-16-23-10-4-1-5-11-23/h1-15,17,19,28H,16,18,20-22H2. The molecule has 0 fully saturated rings. The molecule has 1 amide bonds. The summed E-state index contributed by atoms with van der Waals surface area (Å²) >= 11 is 0. The van der Waals surface area contributed by atoms with E-state index in [4.69, 9.17) is 4.74 Å². The summed E-state index contributed by atoms with van der Waals surface area (Å²) in [7, 11) is -3.84. The van der Waals surface area contributed by atoms with Crippen LogP contribution in [-0.2, 0) is 37.3 Å². The molecule has 0 radical (unpaired) electrons. The topological polar surface area (TPSA) is 92.8 Å². The highest BCUT2D eigenvalue weighted by molar-refractivity contribution is 7.92. The summed E-state index contributed by atoms with van der Waals surface area (Å²) in [4.78, 5) is 26.5. The van der Waals surface area contributed by atoms with Crippen LogP contribution in [0.2, 0.25) is 0 Å². The quantitative estimate of drug-likeness (QED) is 0.391. The molecule has 8 heteroatoms. The first-order valence-electron chi connectivity index (χ1n) is 11.2. The monoisotopic (exact) mass is 492 g/mol. The summed E-state index contributed by atoms with van der Waals surface area (Å²) < 4.78 is 31.4. The van der Waals surface area contributed by atoms with E-state index in [0.29, 0.717) is 25.1 Å². The van der Waals surface area contributed by atoms with Gasteiger partial charge in [0, 0.05) is 18.5 Å². The Bertz CT molecular complexity index is 1210. The highest BCUT2D eigenvalue weighted by Crippen LogP contribution is 2.08. The van der Waals surface area contributed by atoms with Gasteiger partial charge in [0.1, 0.15) is 6.54 Å². The summed E-state index contributed by atoms with van der Waals surface area (Å²) in [5.74, 6) is -1.19. The molecule has 0 unspecified atom stereocenters. The van der Waals surface area contributed by atoms with Gasteiger partial charge in [0.2, 0.25) is 10.0 Å². The van der Waals surface area contributed by atoms with Crippen LogP contribution in [0.5, 0.6) is 0 Å². The molecule has 0 saturated carbocycles. The van der Waals surface area contributed by atoms with Crippen LogP contribution < -0.4 is 4.72 Å². The molecule has 0 saturated heterocycles. The van der Waals surface area contributed by atoms with Crippen molar-refractivity contribution >= 4 is 28.0 Å². The molecule has 35 heavy (non-hydrogen) atoms. The summed E-state index contributed by atoms with van der Waals surface area (Å²) in [6.45, 7) is -0.216. The minimum absolute atomic E-state index is 0.357. The van der Waals surface area contributed by atoms with Crippen molar-refractivity contribution in [3.05, 3.63) is 113 Å². The van der Waals surface area contributed by atoms with E-state index < -0.39 is 29.1 Å². The second-order valence-corrected chi connectivity index (χ2v) is 9.43. The Hall–Kier alpha value is -3.75. The van der Waals surface area contributed by atoms with Crippen molar-refractivity contribution < 1.29 is 22.7 Å². The van der Waals surface area contributed by atoms with Gasteiger partial charge >= 0.3 is 5.97 Å². The van der Waals surface area contributed by atoms with Crippen LogP contribution >= 0.6 is 0 Å². The van der Waals surface area contributed by atoms with Crippen molar-refractivity contribution in [1.82, 2.24) is 9.62 Å². The van der Waals surface area contributed by atoms with Gasteiger partial charge in [0.25, 0.3) is 5.91 Å². The second kappa shape index (κ2) is 13.2. The van der Waals surface area contributed by atoms with E-state index in [0.717, 1.165) is 16.5 Å². The maximum Gasteiger partial charge on any atom is 0.321 e. The molecule has 1 N–H and O–H groups in total. The summed E-state index contributed by atoms with van der Waals surface area (Å²) in [6, 6.07) is 28.2. The normalized spacial score (nSPS) is 11.3. The van der Waals surface area contributed by atoms with Gasteiger partial charge in [0.15, 0.2) is 6.61 Å². The maximum atomic E-state index is 12.8. The fourth-order valence-corrected chi connectivity index (χ4v) is 3.98. The molecule has 0 aliphatic carbocycles. The second-order valence-electron chi connectivity index (χ2n) is 7.78. The minimum atomic E-state index is -3.84. The van der Waals surface area contributed by atoms with E-state index in [2.05, 4.69) is 4.72 Å². The summed E-state index contributed by atoms with van der Waals surface area (Å²) in [5, 5.41) is 0.978. The highest BCUT2D eigenvalue weighted by atomic mass is 32.2. The fourth-order valence-electron chi connectivity index (χ4n) is 3.23. The molecule has 0 spiro atoms. The zero-order valence-corrected chi connectivity index (χ0v) is 20.1. The average molecular weight is 493 g/mol. The number of sulfonamides is 1. The molecule has 3 aromatic carbocycles. The van der Waals surface area contributed by atoms with Gasteiger partial charge in [-0.2, -0.15) is 0 Å². The molecular formula is C27H28N2O5S. The van der Waals surface area contributed by atoms with Crippen molar-refractivity contribution in [2.45, 2.75) is 13.0 Å². The molecule has 0 heterocycles. The lowest BCUT2D eigenvalue weighted by molar-refractivity contribution is -0.151. The van der Waals surface area contributed by atoms with Gasteiger partial charge in [-0.05, 0) is 29.2 Å². The van der Waals surface area contributed by atoms with Crippen LogP contribution in [0.1, 0.15) is 16.7 Å². The van der Waals surface area contributed by atoms with Gasteiger partial charge in [0.05, 0.1) is 0 Å². The first-order chi connectivity index (χ1) is 16.9. The molecule has 0 atom stereocenters. The van der Waals surface area contributed by atoms with Crippen molar-refractivity contribution in [3.8, 4) is 0 Å². The maximum absolute atomic E-state index is 12.8. The Morgan fingerprint density at radius 1 is 0.829 bits per heavy atom. The third-order valence-corrected chi connectivity index (χ3v) is 6.14. The van der Waals surface area contributed by atoms with Crippen LogP contribution in [0, 0.1) is 0 Å². The first-order valence-corrected chi connectivity index (χ1v) is 12.7. The predicted molar refractivity (Wildman–Crippen MR) is 135 cm³/mol. The molecule has 0 aromatic heterocycles. The minimum Gasteiger partial charge on any atom is -0.455 e. The largest absolute Gasteiger partial charge is 0.455 e. The predicted octanol–water partition coefficient (Wildman–Crippen LogP) is 3.39. The fraction of sp³-hybridized carbons (Fsp3) is 0.185. The number of benzene rings is 3. The first kappa shape index (κ1) is 25.9. The lowest BCUT2D eigenvalue weighted by Gasteiger charge is -2.23. The number of hydrogen-bond donors (Lipinski definition) is 1. The Morgan fingerprint density at radius 3 is 2.03 bits per heavy atom. The molecule has 3 aromatic rings. The Labute approximate surface area is 206 Å². The molecule has 3 rings (SSSR count). The summed E-state index contributed by atoms with van der Waals surface area (Å²) in [5.41, 5.74) is 2.76. The number of hydrogen-bond acceptors (Lipinski definition) is 5. The van der Waals surface area contributed by atoms with Gasteiger partial charge < -0.3 is 9.64 Å². The van der Waals surface area contributed by atoms with Crippen molar-refractivity contribution in [2.75, 3.05) is 19.7 Å². The lowest BCUT2D eigenvalue weighted by Crippen LogP contribution is -2.37. The molecule has 0 bridgehead atoms. The smallest absolute Gasteiger partial charge is 0.321 e. The van der Waals surface area contributed by atoms with Crippen LogP contribution in [0.3, 0.4) is 0 Å². The van der Waals surface area contributed by atoms with Crippen molar-refractivity contribution in [1.29, 1.82) is 0 Å². The number of ether oxygens (including phenoxy) is 1. The van der Waals surface area contributed by atoms with Gasteiger partial charge in [-0.15, -0.1) is 0 Å². The van der Waals surface area contributed by atoms with Crippen LogP contribution in [0.15, 0.2) is 96.4 Å². The SMILES string of the molecule is O=C(CNS(=O)(=O)C=Cc1ccccc1)OCC(=O)N(CCc1ccccc1)Cc1ccccc1. The Morgan fingerprint density at radius 2 is 1.40 bits per heavy atom. The number of esters is 1. The van der Waals surface area contributed by atoms with Gasteiger partial charge in [-0.3, -0.25) is 9.59 Å². The number of amides is 1. The number of carbonyl (C=O) groups excluding carboxylic acids is 2. The number of rotatable bonds is 12. The van der Waals surface area contributed by atoms with Crippen LogP contribution in [0.4, 0.5) is 0 Å². The zero-order valence-electron chi connectivity index (χ0n) is 19.2. The van der Waals surface area contributed by atoms with E-state index >= 15 is 0 Å². The third kappa shape index (κ3) is 9.56.